The fourth-order valence-electron chi connectivity index (χ4n) is 2.81. The molecule has 1 N–H and O–H groups in total. The Morgan fingerprint density at radius 2 is 1.88 bits per heavy atom. The van der Waals surface area contributed by atoms with Crippen molar-refractivity contribution in [2.24, 2.45) is 5.92 Å². The SMILES string of the molecule is CC(C)[C@H](NC(=O)COc1ccccc1F)c1ccc2c(c1)OCCO2. The highest BCUT2D eigenvalue weighted by Crippen LogP contribution is 2.34. The summed E-state index contributed by atoms with van der Waals surface area (Å²) in [6.45, 7) is 4.81. The summed E-state index contributed by atoms with van der Waals surface area (Å²) in [6.07, 6.45) is 0. The van der Waals surface area contributed by atoms with Crippen LogP contribution in [0.3, 0.4) is 0 Å². The maximum Gasteiger partial charge on any atom is 0.258 e. The monoisotopic (exact) mass is 359 g/mol. The van der Waals surface area contributed by atoms with Gasteiger partial charge in [0.1, 0.15) is 13.2 Å². The Kier molecular flexibility index (Phi) is 5.61. The molecule has 0 aliphatic carbocycles. The Labute approximate surface area is 152 Å². The van der Waals surface area contributed by atoms with Gasteiger partial charge in [-0.2, -0.15) is 0 Å². The molecule has 138 valence electrons. The summed E-state index contributed by atoms with van der Waals surface area (Å²) in [5, 5.41) is 2.95. The summed E-state index contributed by atoms with van der Waals surface area (Å²) >= 11 is 0. The number of rotatable bonds is 6. The molecule has 2 aromatic rings. The Hall–Kier alpha value is -2.76. The summed E-state index contributed by atoms with van der Waals surface area (Å²) in [4.78, 5) is 12.3. The number of fused-ring (bicyclic) bond motifs is 1. The number of carbonyl (C=O) groups is 1. The molecule has 0 spiro atoms. The normalized spacial score (nSPS) is 14.0. The van der Waals surface area contributed by atoms with E-state index < -0.39 is 5.82 Å². The topological polar surface area (TPSA) is 56.8 Å². The van der Waals surface area contributed by atoms with Crippen molar-refractivity contribution < 1.29 is 23.4 Å². The smallest absolute Gasteiger partial charge is 0.258 e. The van der Waals surface area contributed by atoms with Crippen LogP contribution in [-0.2, 0) is 4.79 Å². The quantitative estimate of drug-likeness (QED) is 0.858. The summed E-state index contributed by atoms with van der Waals surface area (Å²) in [5.41, 5.74) is 0.920. The minimum atomic E-state index is -0.493. The van der Waals surface area contributed by atoms with Gasteiger partial charge in [0.2, 0.25) is 0 Å². The van der Waals surface area contributed by atoms with Gasteiger partial charge in [-0.25, -0.2) is 4.39 Å². The molecule has 0 aromatic heterocycles. The Morgan fingerprint density at radius 1 is 1.15 bits per heavy atom. The zero-order valence-electron chi connectivity index (χ0n) is 14.8. The molecule has 1 amide bonds. The molecule has 1 aliphatic heterocycles. The number of amides is 1. The van der Waals surface area contributed by atoms with E-state index in [1.807, 2.05) is 32.0 Å². The summed E-state index contributed by atoms with van der Waals surface area (Å²) in [6, 6.07) is 11.4. The number of hydrogen-bond donors (Lipinski definition) is 1. The zero-order valence-corrected chi connectivity index (χ0v) is 14.8. The average Bonchev–Trinajstić information content (AvgIpc) is 2.65. The molecule has 3 rings (SSSR count). The van der Waals surface area contributed by atoms with Gasteiger partial charge in [-0.15, -0.1) is 0 Å². The third kappa shape index (κ3) is 4.25. The first-order valence-corrected chi connectivity index (χ1v) is 8.61. The van der Waals surface area contributed by atoms with E-state index in [1.54, 1.807) is 12.1 Å². The highest BCUT2D eigenvalue weighted by Gasteiger charge is 2.21. The largest absolute Gasteiger partial charge is 0.486 e. The number of hydrogen-bond acceptors (Lipinski definition) is 4. The van der Waals surface area contributed by atoms with E-state index in [1.165, 1.54) is 12.1 Å². The Bertz CT molecular complexity index is 778. The first-order chi connectivity index (χ1) is 12.5. The van der Waals surface area contributed by atoms with Gasteiger partial charge < -0.3 is 19.5 Å². The van der Waals surface area contributed by atoms with Crippen molar-refractivity contribution in [1.82, 2.24) is 5.32 Å². The molecular formula is C20H22FNO4. The van der Waals surface area contributed by atoms with Crippen LogP contribution < -0.4 is 19.5 Å². The van der Waals surface area contributed by atoms with Crippen molar-refractivity contribution in [3.05, 3.63) is 53.8 Å². The van der Waals surface area contributed by atoms with Crippen molar-refractivity contribution in [1.29, 1.82) is 0 Å². The molecule has 0 radical (unpaired) electrons. The minimum absolute atomic E-state index is 0.0584. The molecule has 0 fully saturated rings. The highest BCUT2D eigenvalue weighted by atomic mass is 19.1. The van der Waals surface area contributed by atoms with E-state index in [2.05, 4.69) is 5.32 Å². The van der Waals surface area contributed by atoms with Crippen LogP contribution in [0.4, 0.5) is 4.39 Å². The van der Waals surface area contributed by atoms with Gasteiger partial charge in [0.25, 0.3) is 5.91 Å². The maximum absolute atomic E-state index is 13.6. The zero-order chi connectivity index (χ0) is 18.5. The van der Waals surface area contributed by atoms with Crippen molar-refractivity contribution in [3.8, 4) is 17.2 Å². The van der Waals surface area contributed by atoms with Crippen molar-refractivity contribution in [3.63, 3.8) is 0 Å². The van der Waals surface area contributed by atoms with Crippen LogP contribution in [-0.4, -0.2) is 25.7 Å². The lowest BCUT2D eigenvalue weighted by atomic mass is 9.95. The third-order valence-electron chi connectivity index (χ3n) is 4.10. The molecule has 0 saturated heterocycles. The minimum Gasteiger partial charge on any atom is -0.486 e. The Balaban J connectivity index is 1.66. The fraction of sp³-hybridized carbons (Fsp3) is 0.350. The second kappa shape index (κ2) is 8.08. The second-order valence-electron chi connectivity index (χ2n) is 6.41. The van der Waals surface area contributed by atoms with Crippen LogP contribution in [0.5, 0.6) is 17.2 Å². The van der Waals surface area contributed by atoms with Gasteiger partial charge >= 0.3 is 0 Å². The van der Waals surface area contributed by atoms with Crippen molar-refractivity contribution in [2.75, 3.05) is 19.8 Å². The first-order valence-electron chi connectivity index (χ1n) is 8.61. The summed E-state index contributed by atoms with van der Waals surface area (Å²) < 4.78 is 30.0. The lowest BCUT2D eigenvalue weighted by Gasteiger charge is -2.25. The van der Waals surface area contributed by atoms with Gasteiger partial charge in [0.05, 0.1) is 6.04 Å². The van der Waals surface area contributed by atoms with Crippen LogP contribution >= 0.6 is 0 Å². The average molecular weight is 359 g/mol. The molecular weight excluding hydrogens is 337 g/mol. The van der Waals surface area contributed by atoms with E-state index in [0.717, 1.165) is 5.56 Å². The van der Waals surface area contributed by atoms with E-state index in [9.17, 15) is 9.18 Å². The second-order valence-corrected chi connectivity index (χ2v) is 6.41. The predicted molar refractivity (Wildman–Crippen MR) is 95.0 cm³/mol. The molecule has 5 nitrogen and oxygen atoms in total. The molecule has 0 unspecified atom stereocenters. The number of benzene rings is 2. The van der Waals surface area contributed by atoms with Gasteiger partial charge in [-0.1, -0.05) is 32.0 Å². The summed E-state index contributed by atoms with van der Waals surface area (Å²) in [5.74, 6) is 0.778. The van der Waals surface area contributed by atoms with Gasteiger partial charge in [0, 0.05) is 0 Å². The van der Waals surface area contributed by atoms with Crippen molar-refractivity contribution in [2.45, 2.75) is 19.9 Å². The molecule has 0 saturated carbocycles. The van der Waals surface area contributed by atoms with Crippen LogP contribution in [0.15, 0.2) is 42.5 Å². The number of ether oxygens (including phenoxy) is 3. The van der Waals surface area contributed by atoms with Crippen molar-refractivity contribution >= 4 is 5.91 Å². The van der Waals surface area contributed by atoms with E-state index in [0.29, 0.717) is 24.7 Å². The van der Waals surface area contributed by atoms with Crippen LogP contribution in [0, 0.1) is 11.7 Å². The molecule has 0 bridgehead atoms. The first kappa shape index (κ1) is 18.0. The lowest BCUT2D eigenvalue weighted by Crippen LogP contribution is -2.35. The van der Waals surface area contributed by atoms with Gasteiger partial charge in [-0.3, -0.25) is 4.79 Å². The molecule has 1 atom stereocenters. The molecule has 26 heavy (non-hydrogen) atoms. The van der Waals surface area contributed by atoms with E-state index in [4.69, 9.17) is 14.2 Å². The standard InChI is InChI=1S/C20H22FNO4/c1-13(2)20(14-7-8-17-18(11-14)25-10-9-24-17)22-19(23)12-26-16-6-4-3-5-15(16)21/h3-8,11,13,20H,9-10,12H2,1-2H3,(H,22,23)/t20-/m0/s1. The van der Waals surface area contributed by atoms with Crippen LogP contribution in [0.25, 0.3) is 0 Å². The number of halogens is 1. The van der Waals surface area contributed by atoms with Crippen LogP contribution in [0.2, 0.25) is 0 Å². The number of carbonyl (C=O) groups excluding carboxylic acids is 1. The number of para-hydroxylation sites is 1. The molecule has 2 aromatic carbocycles. The van der Waals surface area contributed by atoms with E-state index >= 15 is 0 Å². The fourth-order valence-corrected chi connectivity index (χ4v) is 2.81. The van der Waals surface area contributed by atoms with E-state index in [-0.39, 0.29) is 30.2 Å². The molecule has 1 heterocycles. The highest BCUT2D eigenvalue weighted by molar-refractivity contribution is 5.78. The van der Waals surface area contributed by atoms with Gasteiger partial charge in [-0.05, 0) is 35.7 Å². The molecule has 1 aliphatic rings. The van der Waals surface area contributed by atoms with Gasteiger partial charge in [0.15, 0.2) is 29.7 Å². The summed E-state index contributed by atoms with van der Waals surface area (Å²) in [7, 11) is 0. The predicted octanol–water partition coefficient (Wildman–Crippen LogP) is 3.49. The van der Waals surface area contributed by atoms with Crippen LogP contribution in [0.1, 0.15) is 25.5 Å². The third-order valence-corrected chi connectivity index (χ3v) is 4.10. The molecule has 6 heteroatoms. The Morgan fingerprint density at radius 3 is 2.62 bits per heavy atom. The maximum atomic E-state index is 13.6. The lowest BCUT2D eigenvalue weighted by molar-refractivity contribution is -0.124. The number of nitrogens with one attached hydrogen (secondary N) is 1.